The summed E-state index contributed by atoms with van der Waals surface area (Å²) in [7, 11) is 0. The topological polar surface area (TPSA) is 32.3 Å². The molecule has 1 aliphatic rings. The summed E-state index contributed by atoms with van der Waals surface area (Å²) in [5, 5.41) is 4.02. The van der Waals surface area contributed by atoms with Crippen molar-refractivity contribution in [1.29, 1.82) is 0 Å². The number of benzene rings is 2. The van der Waals surface area contributed by atoms with Gasteiger partial charge in [0, 0.05) is 17.5 Å². The number of aryl methyl sites for hydroxylation is 3. The van der Waals surface area contributed by atoms with E-state index in [1.165, 1.54) is 27.8 Å². The lowest BCUT2D eigenvalue weighted by molar-refractivity contribution is -0.127. The largest absolute Gasteiger partial charge is 0.349 e. The molecule has 1 amide bonds. The minimum Gasteiger partial charge on any atom is -0.349 e. The molecule has 4 heteroatoms. The first-order valence-corrected chi connectivity index (χ1v) is 10.6. The zero-order valence-electron chi connectivity index (χ0n) is 17.4. The molecule has 0 radical (unpaired) electrons. The van der Waals surface area contributed by atoms with Gasteiger partial charge < -0.3 is 5.32 Å². The van der Waals surface area contributed by atoms with Crippen LogP contribution < -0.4 is 5.32 Å². The Balaban J connectivity index is 1.52. The first-order valence-electron chi connectivity index (χ1n) is 10.2. The number of piperidine rings is 1. The van der Waals surface area contributed by atoms with E-state index in [0.29, 0.717) is 0 Å². The Morgan fingerprint density at radius 1 is 1.07 bits per heavy atom. The lowest BCUT2D eigenvalue weighted by Crippen LogP contribution is -2.41. The molecule has 1 fully saturated rings. The Labute approximate surface area is 174 Å². The molecule has 0 saturated carbocycles. The van der Waals surface area contributed by atoms with Crippen molar-refractivity contribution in [1.82, 2.24) is 10.2 Å². The van der Waals surface area contributed by atoms with Crippen molar-refractivity contribution in [3.05, 3.63) is 69.2 Å². The van der Waals surface area contributed by atoms with E-state index in [9.17, 15) is 4.79 Å². The van der Waals surface area contributed by atoms with Gasteiger partial charge in [-0.1, -0.05) is 35.9 Å². The second kappa shape index (κ2) is 9.11. The Morgan fingerprint density at radius 3 is 2.32 bits per heavy atom. The number of hydrogen-bond donors (Lipinski definition) is 1. The zero-order chi connectivity index (χ0) is 20.3. The second-order valence-corrected chi connectivity index (χ2v) is 8.64. The van der Waals surface area contributed by atoms with Gasteiger partial charge >= 0.3 is 0 Å². The first-order chi connectivity index (χ1) is 13.3. The van der Waals surface area contributed by atoms with E-state index >= 15 is 0 Å². The number of nitrogens with zero attached hydrogens (tertiary/aromatic N) is 1. The van der Waals surface area contributed by atoms with Gasteiger partial charge in [0.05, 0.1) is 6.04 Å². The van der Waals surface area contributed by atoms with Crippen LogP contribution in [0.25, 0.3) is 0 Å². The summed E-state index contributed by atoms with van der Waals surface area (Å²) in [6.45, 7) is 11.3. The number of likely N-dealkylation sites (tertiary alicyclic amines) is 1. The predicted octanol–water partition coefficient (Wildman–Crippen LogP) is 5.35. The van der Waals surface area contributed by atoms with E-state index < -0.39 is 0 Å². The highest BCUT2D eigenvalue weighted by Crippen LogP contribution is 2.24. The fraction of sp³-hybridized carbons (Fsp3) is 0.458. The van der Waals surface area contributed by atoms with Gasteiger partial charge in [-0.25, -0.2) is 0 Å². The SMILES string of the molecule is Cc1cc(C)c([C@@H](C)NC(=O)C2CCN(Cc3ccc(Cl)cc3)CC2)cc1C. The van der Waals surface area contributed by atoms with Gasteiger partial charge in [0.25, 0.3) is 0 Å². The first kappa shape index (κ1) is 20.9. The van der Waals surface area contributed by atoms with Crippen LogP contribution in [0, 0.1) is 26.7 Å². The van der Waals surface area contributed by atoms with Crippen LogP contribution in [-0.2, 0) is 11.3 Å². The quantitative estimate of drug-likeness (QED) is 0.735. The molecule has 3 nitrogen and oxygen atoms in total. The molecule has 0 aromatic heterocycles. The fourth-order valence-corrected chi connectivity index (χ4v) is 4.19. The number of hydrogen-bond acceptors (Lipinski definition) is 2. The summed E-state index contributed by atoms with van der Waals surface area (Å²) in [6, 6.07) is 12.5. The van der Waals surface area contributed by atoms with Gasteiger partial charge in [-0.05, 0) is 93.6 Å². The minimum atomic E-state index is 0.0406. The van der Waals surface area contributed by atoms with E-state index in [4.69, 9.17) is 11.6 Å². The minimum absolute atomic E-state index is 0.0406. The van der Waals surface area contributed by atoms with Crippen LogP contribution in [0.1, 0.15) is 53.6 Å². The molecule has 28 heavy (non-hydrogen) atoms. The molecule has 1 N–H and O–H groups in total. The third kappa shape index (κ3) is 5.15. The normalized spacial score (nSPS) is 16.8. The Morgan fingerprint density at radius 2 is 1.68 bits per heavy atom. The van der Waals surface area contributed by atoms with Crippen molar-refractivity contribution in [3.63, 3.8) is 0 Å². The summed E-state index contributed by atoms with van der Waals surface area (Å²) < 4.78 is 0. The molecule has 1 saturated heterocycles. The molecular weight excluding hydrogens is 368 g/mol. The van der Waals surface area contributed by atoms with Crippen LogP contribution in [-0.4, -0.2) is 23.9 Å². The lowest BCUT2D eigenvalue weighted by Gasteiger charge is -2.32. The monoisotopic (exact) mass is 398 g/mol. The maximum absolute atomic E-state index is 12.8. The number of carbonyl (C=O) groups excluding carboxylic acids is 1. The molecule has 1 aliphatic heterocycles. The molecule has 2 aromatic rings. The zero-order valence-corrected chi connectivity index (χ0v) is 18.1. The summed E-state index contributed by atoms with van der Waals surface area (Å²) in [4.78, 5) is 15.2. The van der Waals surface area contributed by atoms with Crippen molar-refractivity contribution in [2.24, 2.45) is 5.92 Å². The lowest BCUT2D eigenvalue weighted by atomic mass is 9.93. The van der Waals surface area contributed by atoms with Gasteiger partial charge in [-0.15, -0.1) is 0 Å². The Kier molecular flexibility index (Phi) is 6.79. The maximum atomic E-state index is 12.8. The standard InChI is InChI=1S/C24H31ClN2O/c1-16-13-18(3)23(14-17(16)2)19(4)26-24(28)21-9-11-27(12-10-21)15-20-5-7-22(25)8-6-20/h5-8,13-14,19,21H,9-12,15H2,1-4H3,(H,26,28)/t19-/m1/s1. The van der Waals surface area contributed by atoms with Crippen LogP contribution in [0.4, 0.5) is 0 Å². The average Bonchev–Trinajstić information content (AvgIpc) is 2.67. The molecule has 0 spiro atoms. The molecule has 2 aromatic carbocycles. The van der Waals surface area contributed by atoms with Gasteiger partial charge in [-0.3, -0.25) is 9.69 Å². The average molecular weight is 399 g/mol. The summed E-state index contributed by atoms with van der Waals surface area (Å²) in [5.74, 6) is 0.298. The number of nitrogens with one attached hydrogen (secondary N) is 1. The fourth-order valence-electron chi connectivity index (χ4n) is 4.06. The smallest absolute Gasteiger partial charge is 0.223 e. The molecular formula is C24H31ClN2O. The molecule has 1 heterocycles. The van der Waals surface area contributed by atoms with Crippen LogP contribution in [0.2, 0.25) is 5.02 Å². The van der Waals surface area contributed by atoms with Crippen molar-refractivity contribution in [3.8, 4) is 0 Å². The highest BCUT2D eigenvalue weighted by Gasteiger charge is 2.26. The van der Waals surface area contributed by atoms with E-state index in [2.05, 4.69) is 62.2 Å². The molecule has 0 aliphatic carbocycles. The molecule has 3 rings (SSSR count). The van der Waals surface area contributed by atoms with E-state index in [1.807, 2.05) is 12.1 Å². The van der Waals surface area contributed by atoms with Crippen LogP contribution >= 0.6 is 11.6 Å². The van der Waals surface area contributed by atoms with E-state index in [0.717, 1.165) is 37.5 Å². The Bertz CT molecular complexity index is 823. The highest BCUT2D eigenvalue weighted by molar-refractivity contribution is 6.30. The van der Waals surface area contributed by atoms with Crippen molar-refractivity contribution in [2.45, 2.75) is 53.1 Å². The molecule has 1 atom stereocenters. The maximum Gasteiger partial charge on any atom is 0.223 e. The van der Waals surface area contributed by atoms with Gasteiger partial charge in [0.1, 0.15) is 0 Å². The predicted molar refractivity (Wildman–Crippen MR) is 117 cm³/mol. The summed E-state index contributed by atoms with van der Waals surface area (Å²) in [6.07, 6.45) is 1.83. The van der Waals surface area contributed by atoms with Crippen molar-refractivity contribution >= 4 is 17.5 Å². The number of carbonyl (C=O) groups is 1. The third-order valence-electron chi connectivity index (χ3n) is 5.99. The van der Waals surface area contributed by atoms with Crippen LogP contribution in [0.15, 0.2) is 36.4 Å². The van der Waals surface area contributed by atoms with Crippen LogP contribution in [0.5, 0.6) is 0 Å². The number of halogens is 1. The second-order valence-electron chi connectivity index (χ2n) is 8.20. The Hall–Kier alpha value is -1.84. The van der Waals surface area contributed by atoms with E-state index in [1.54, 1.807) is 0 Å². The van der Waals surface area contributed by atoms with Crippen molar-refractivity contribution in [2.75, 3.05) is 13.1 Å². The molecule has 0 unspecified atom stereocenters. The van der Waals surface area contributed by atoms with Gasteiger partial charge in [0.2, 0.25) is 5.91 Å². The van der Waals surface area contributed by atoms with Gasteiger partial charge in [-0.2, -0.15) is 0 Å². The molecule has 0 bridgehead atoms. The third-order valence-corrected chi connectivity index (χ3v) is 6.24. The van der Waals surface area contributed by atoms with Crippen LogP contribution in [0.3, 0.4) is 0 Å². The highest BCUT2D eigenvalue weighted by atomic mass is 35.5. The number of rotatable bonds is 5. The van der Waals surface area contributed by atoms with Gasteiger partial charge in [0.15, 0.2) is 0 Å². The summed E-state index contributed by atoms with van der Waals surface area (Å²) in [5.41, 5.74) is 6.31. The van der Waals surface area contributed by atoms with Crippen molar-refractivity contribution < 1.29 is 4.79 Å². The number of amides is 1. The molecule has 150 valence electrons. The summed E-state index contributed by atoms with van der Waals surface area (Å²) >= 11 is 5.96. The van der Waals surface area contributed by atoms with E-state index in [-0.39, 0.29) is 17.9 Å².